The van der Waals surface area contributed by atoms with Gasteiger partial charge in [0.25, 0.3) is 5.91 Å². The van der Waals surface area contributed by atoms with Crippen molar-refractivity contribution < 1.29 is 15.0 Å². The number of aryl methyl sites for hydroxylation is 1. The van der Waals surface area contributed by atoms with E-state index in [9.17, 15) is 9.90 Å². The SMILES string of the molecule is CCCCCN(CCO)C(=O)c1ccc(C)c(C)c1O. The summed E-state index contributed by atoms with van der Waals surface area (Å²) in [6.07, 6.45) is 3.04. The van der Waals surface area contributed by atoms with Crippen LogP contribution in [0.2, 0.25) is 0 Å². The highest BCUT2D eigenvalue weighted by Gasteiger charge is 2.19. The Morgan fingerprint density at radius 3 is 2.50 bits per heavy atom. The zero-order chi connectivity index (χ0) is 15.1. The van der Waals surface area contributed by atoms with Gasteiger partial charge in [0.15, 0.2) is 0 Å². The van der Waals surface area contributed by atoms with Crippen LogP contribution in [0.25, 0.3) is 0 Å². The summed E-state index contributed by atoms with van der Waals surface area (Å²) >= 11 is 0. The highest BCUT2D eigenvalue weighted by Crippen LogP contribution is 2.26. The summed E-state index contributed by atoms with van der Waals surface area (Å²) in [5.41, 5.74) is 2.00. The number of nitrogens with zero attached hydrogens (tertiary/aromatic N) is 1. The van der Waals surface area contributed by atoms with Crippen molar-refractivity contribution in [2.75, 3.05) is 19.7 Å². The molecule has 2 N–H and O–H groups in total. The Labute approximate surface area is 121 Å². The number of phenols is 1. The second-order valence-corrected chi connectivity index (χ2v) is 5.13. The van der Waals surface area contributed by atoms with E-state index in [1.54, 1.807) is 17.9 Å². The van der Waals surface area contributed by atoms with Gasteiger partial charge in [-0.1, -0.05) is 25.8 Å². The quantitative estimate of drug-likeness (QED) is 0.754. The number of phenolic OH excluding ortho intramolecular Hbond substituents is 1. The van der Waals surface area contributed by atoms with Crippen molar-refractivity contribution in [2.24, 2.45) is 0 Å². The molecule has 1 aromatic rings. The van der Waals surface area contributed by atoms with Gasteiger partial charge in [-0.15, -0.1) is 0 Å². The lowest BCUT2D eigenvalue weighted by molar-refractivity contribution is 0.0715. The zero-order valence-corrected chi connectivity index (χ0v) is 12.6. The maximum atomic E-state index is 12.5. The lowest BCUT2D eigenvalue weighted by Crippen LogP contribution is -2.34. The Morgan fingerprint density at radius 2 is 1.90 bits per heavy atom. The van der Waals surface area contributed by atoms with Gasteiger partial charge >= 0.3 is 0 Å². The van der Waals surface area contributed by atoms with Crippen molar-refractivity contribution in [2.45, 2.75) is 40.0 Å². The van der Waals surface area contributed by atoms with Crippen LogP contribution in [-0.2, 0) is 0 Å². The first-order chi connectivity index (χ1) is 9.52. The summed E-state index contributed by atoms with van der Waals surface area (Å²) in [5.74, 6) is -0.163. The van der Waals surface area contributed by atoms with E-state index in [1.807, 2.05) is 13.0 Å². The minimum Gasteiger partial charge on any atom is -0.507 e. The molecule has 1 rings (SSSR count). The number of carbonyl (C=O) groups excluding carboxylic acids is 1. The molecule has 0 atom stereocenters. The fraction of sp³-hybridized carbons (Fsp3) is 0.562. The molecule has 0 unspecified atom stereocenters. The maximum absolute atomic E-state index is 12.5. The molecule has 0 saturated carbocycles. The molecule has 0 bridgehead atoms. The van der Waals surface area contributed by atoms with Crippen molar-refractivity contribution in [3.63, 3.8) is 0 Å². The minimum absolute atomic E-state index is 0.0495. The Balaban J connectivity index is 2.91. The monoisotopic (exact) mass is 279 g/mol. The molecule has 0 aliphatic rings. The number of benzene rings is 1. The molecular weight excluding hydrogens is 254 g/mol. The summed E-state index contributed by atoms with van der Waals surface area (Å²) in [6, 6.07) is 3.50. The van der Waals surface area contributed by atoms with Crippen LogP contribution in [0.5, 0.6) is 5.75 Å². The van der Waals surface area contributed by atoms with Crippen molar-refractivity contribution in [1.82, 2.24) is 4.90 Å². The average molecular weight is 279 g/mol. The summed E-state index contributed by atoms with van der Waals surface area (Å²) < 4.78 is 0. The number of hydrogen-bond donors (Lipinski definition) is 2. The van der Waals surface area contributed by atoms with E-state index in [4.69, 9.17) is 5.11 Å². The molecule has 1 aromatic carbocycles. The van der Waals surface area contributed by atoms with Gasteiger partial charge in [-0.05, 0) is 37.5 Å². The van der Waals surface area contributed by atoms with Gasteiger partial charge in [-0.25, -0.2) is 0 Å². The first kappa shape index (κ1) is 16.5. The van der Waals surface area contributed by atoms with E-state index < -0.39 is 0 Å². The van der Waals surface area contributed by atoms with Gasteiger partial charge in [0.1, 0.15) is 5.75 Å². The Morgan fingerprint density at radius 1 is 1.20 bits per heavy atom. The van der Waals surface area contributed by atoms with Crippen LogP contribution >= 0.6 is 0 Å². The summed E-state index contributed by atoms with van der Waals surface area (Å²) in [6.45, 7) is 6.65. The number of aliphatic hydroxyl groups excluding tert-OH is 1. The summed E-state index contributed by atoms with van der Waals surface area (Å²) in [5, 5.41) is 19.2. The summed E-state index contributed by atoms with van der Waals surface area (Å²) in [7, 11) is 0. The van der Waals surface area contributed by atoms with Crippen LogP contribution in [0.4, 0.5) is 0 Å². The molecule has 0 aliphatic carbocycles. The highest BCUT2D eigenvalue weighted by molar-refractivity contribution is 5.97. The number of aromatic hydroxyl groups is 1. The van der Waals surface area contributed by atoms with Gasteiger partial charge in [0, 0.05) is 13.1 Å². The van der Waals surface area contributed by atoms with E-state index in [2.05, 4.69) is 6.92 Å². The molecule has 112 valence electrons. The van der Waals surface area contributed by atoms with Crippen LogP contribution in [0.15, 0.2) is 12.1 Å². The van der Waals surface area contributed by atoms with Crippen molar-refractivity contribution in [3.8, 4) is 5.75 Å². The smallest absolute Gasteiger partial charge is 0.257 e. The third-order valence-electron chi connectivity index (χ3n) is 3.62. The fourth-order valence-corrected chi connectivity index (χ4v) is 2.13. The lowest BCUT2D eigenvalue weighted by atomic mass is 10.0. The number of amides is 1. The highest BCUT2D eigenvalue weighted by atomic mass is 16.3. The van der Waals surface area contributed by atoms with E-state index >= 15 is 0 Å². The fourth-order valence-electron chi connectivity index (χ4n) is 2.13. The van der Waals surface area contributed by atoms with Crippen LogP contribution in [0, 0.1) is 13.8 Å². The molecule has 0 spiro atoms. The predicted octanol–water partition coefficient (Wildman–Crippen LogP) is 2.63. The van der Waals surface area contributed by atoms with Gasteiger partial charge in [-0.2, -0.15) is 0 Å². The van der Waals surface area contributed by atoms with E-state index in [0.29, 0.717) is 18.7 Å². The molecule has 0 fully saturated rings. The third-order valence-corrected chi connectivity index (χ3v) is 3.62. The number of unbranched alkanes of at least 4 members (excludes halogenated alkanes) is 2. The number of rotatable bonds is 7. The number of carbonyl (C=O) groups is 1. The van der Waals surface area contributed by atoms with Gasteiger partial charge in [0.05, 0.1) is 12.2 Å². The van der Waals surface area contributed by atoms with Crippen molar-refractivity contribution in [1.29, 1.82) is 0 Å². The molecule has 20 heavy (non-hydrogen) atoms. The zero-order valence-electron chi connectivity index (χ0n) is 12.6. The molecule has 0 saturated heterocycles. The van der Waals surface area contributed by atoms with E-state index in [-0.39, 0.29) is 18.3 Å². The van der Waals surface area contributed by atoms with Crippen LogP contribution in [0.3, 0.4) is 0 Å². The molecule has 4 nitrogen and oxygen atoms in total. The normalized spacial score (nSPS) is 10.6. The maximum Gasteiger partial charge on any atom is 0.257 e. The third kappa shape index (κ3) is 3.97. The minimum atomic E-state index is -0.212. The molecular formula is C16H25NO3. The lowest BCUT2D eigenvalue weighted by Gasteiger charge is -2.22. The molecule has 0 aliphatic heterocycles. The van der Waals surface area contributed by atoms with Crippen LogP contribution in [-0.4, -0.2) is 40.7 Å². The molecule has 0 aromatic heterocycles. The number of aliphatic hydroxyl groups is 1. The van der Waals surface area contributed by atoms with E-state index in [1.165, 1.54) is 0 Å². The van der Waals surface area contributed by atoms with Crippen LogP contribution in [0.1, 0.15) is 47.7 Å². The standard InChI is InChI=1S/C16H25NO3/c1-4-5-6-9-17(10-11-18)16(20)14-8-7-12(2)13(3)15(14)19/h7-8,18-19H,4-6,9-11H2,1-3H3. The first-order valence-electron chi connectivity index (χ1n) is 7.22. The molecule has 0 heterocycles. The topological polar surface area (TPSA) is 60.8 Å². The van der Waals surface area contributed by atoms with Gasteiger partial charge < -0.3 is 15.1 Å². The van der Waals surface area contributed by atoms with Crippen LogP contribution < -0.4 is 0 Å². The Bertz CT molecular complexity index is 457. The van der Waals surface area contributed by atoms with Crippen molar-refractivity contribution in [3.05, 3.63) is 28.8 Å². The molecule has 4 heteroatoms. The number of hydrogen-bond acceptors (Lipinski definition) is 3. The second kappa shape index (κ2) is 7.90. The van der Waals surface area contributed by atoms with Crippen molar-refractivity contribution >= 4 is 5.91 Å². The average Bonchev–Trinajstić information content (AvgIpc) is 2.43. The largest absolute Gasteiger partial charge is 0.507 e. The summed E-state index contributed by atoms with van der Waals surface area (Å²) in [4.78, 5) is 14.1. The van der Waals surface area contributed by atoms with E-state index in [0.717, 1.165) is 30.4 Å². The first-order valence-corrected chi connectivity index (χ1v) is 7.22. The molecule has 0 radical (unpaired) electrons. The predicted molar refractivity (Wildman–Crippen MR) is 80.1 cm³/mol. The Hall–Kier alpha value is -1.55. The molecule has 1 amide bonds. The van der Waals surface area contributed by atoms with Gasteiger partial charge in [0.2, 0.25) is 0 Å². The Kier molecular flexibility index (Phi) is 6.52. The second-order valence-electron chi connectivity index (χ2n) is 5.13. The van der Waals surface area contributed by atoms with Gasteiger partial charge in [-0.3, -0.25) is 4.79 Å².